The van der Waals surface area contributed by atoms with E-state index in [-0.39, 0.29) is 18.3 Å². The molecule has 3 N–H and O–H groups in total. The average molecular weight is 288 g/mol. The predicted molar refractivity (Wildman–Crippen MR) is 80.9 cm³/mol. The number of hydrogen-bond donors (Lipinski definition) is 2. The molecule has 0 aliphatic carbocycles. The topological polar surface area (TPSA) is 64.3 Å². The zero-order valence-corrected chi connectivity index (χ0v) is 11.9. The Morgan fingerprint density at radius 2 is 1.95 bits per heavy atom. The Hall–Kier alpha value is -2.56. The summed E-state index contributed by atoms with van der Waals surface area (Å²) in [7, 11) is 0. The molecule has 2 rings (SSSR count). The second kappa shape index (κ2) is 6.26. The number of nitrogen functional groups attached to an aromatic ring is 1. The maximum absolute atomic E-state index is 13.1. The summed E-state index contributed by atoms with van der Waals surface area (Å²) in [5.41, 5.74) is 8.33. The van der Waals surface area contributed by atoms with Crippen molar-refractivity contribution in [1.29, 1.82) is 0 Å². The fraction of sp³-hybridized carbons (Fsp3) is 0.188. The number of hydrogen-bond acceptors (Lipinski definition) is 3. The summed E-state index contributed by atoms with van der Waals surface area (Å²) in [6.45, 7) is 3.35. The highest BCUT2D eigenvalue weighted by Crippen LogP contribution is 2.18. The van der Waals surface area contributed by atoms with E-state index >= 15 is 0 Å². The normalized spacial score (nSPS) is 10.2. The molecule has 5 heteroatoms. The summed E-state index contributed by atoms with van der Waals surface area (Å²) in [4.78, 5) is 11.8. The van der Waals surface area contributed by atoms with E-state index < -0.39 is 0 Å². The van der Waals surface area contributed by atoms with Gasteiger partial charge in [0.1, 0.15) is 11.6 Å². The second-order valence-electron chi connectivity index (χ2n) is 4.82. The molecule has 110 valence electrons. The first-order chi connectivity index (χ1) is 9.95. The third-order valence-corrected chi connectivity index (χ3v) is 3.02. The monoisotopic (exact) mass is 288 g/mol. The van der Waals surface area contributed by atoms with Crippen LogP contribution in [0.5, 0.6) is 5.75 Å². The van der Waals surface area contributed by atoms with Gasteiger partial charge in [-0.25, -0.2) is 4.39 Å². The van der Waals surface area contributed by atoms with E-state index in [1.54, 1.807) is 31.2 Å². The summed E-state index contributed by atoms with van der Waals surface area (Å²) < 4.78 is 18.5. The molecule has 0 aliphatic rings. The molecule has 1 amide bonds. The number of carbonyl (C=O) groups is 1. The lowest BCUT2D eigenvalue weighted by atomic mass is 10.2. The largest absolute Gasteiger partial charge is 0.484 e. The standard InChI is InChI=1S/C16H17FN2O2/c1-10-8-13(4-5-14(10)17)21-9-16(20)19-15-6-3-12(18)7-11(15)2/h3-8H,9,18H2,1-2H3,(H,19,20). The first-order valence-electron chi connectivity index (χ1n) is 6.50. The summed E-state index contributed by atoms with van der Waals surface area (Å²) in [6.07, 6.45) is 0. The van der Waals surface area contributed by atoms with Crippen molar-refractivity contribution in [3.8, 4) is 5.75 Å². The molecule has 0 radical (unpaired) electrons. The maximum Gasteiger partial charge on any atom is 0.262 e. The molecule has 21 heavy (non-hydrogen) atoms. The van der Waals surface area contributed by atoms with Gasteiger partial charge < -0.3 is 15.8 Å². The number of nitrogens with two attached hydrogens (primary N) is 1. The Kier molecular flexibility index (Phi) is 4.42. The number of benzene rings is 2. The number of anilines is 2. The van der Waals surface area contributed by atoms with Gasteiger partial charge in [0.05, 0.1) is 0 Å². The van der Waals surface area contributed by atoms with E-state index in [4.69, 9.17) is 10.5 Å². The van der Waals surface area contributed by atoms with Crippen LogP contribution in [0.15, 0.2) is 36.4 Å². The van der Waals surface area contributed by atoms with Crippen LogP contribution in [-0.4, -0.2) is 12.5 Å². The van der Waals surface area contributed by atoms with E-state index in [0.717, 1.165) is 5.56 Å². The van der Waals surface area contributed by atoms with Crippen LogP contribution in [-0.2, 0) is 4.79 Å². The van der Waals surface area contributed by atoms with Crippen molar-refractivity contribution < 1.29 is 13.9 Å². The molecule has 0 saturated heterocycles. The highest BCUT2D eigenvalue weighted by atomic mass is 19.1. The molecule has 2 aromatic carbocycles. The highest BCUT2D eigenvalue weighted by molar-refractivity contribution is 5.92. The quantitative estimate of drug-likeness (QED) is 0.850. The van der Waals surface area contributed by atoms with Crippen LogP contribution in [0.2, 0.25) is 0 Å². The molecule has 2 aromatic rings. The minimum atomic E-state index is -0.302. The fourth-order valence-corrected chi connectivity index (χ4v) is 1.87. The van der Waals surface area contributed by atoms with Crippen molar-refractivity contribution in [3.63, 3.8) is 0 Å². The van der Waals surface area contributed by atoms with Crippen LogP contribution < -0.4 is 15.8 Å². The minimum absolute atomic E-state index is 0.144. The van der Waals surface area contributed by atoms with E-state index in [9.17, 15) is 9.18 Å². The van der Waals surface area contributed by atoms with Crippen LogP contribution in [0.1, 0.15) is 11.1 Å². The number of rotatable bonds is 4. The van der Waals surface area contributed by atoms with Crippen molar-refractivity contribution in [2.24, 2.45) is 0 Å². The second-order valence-corrected chi connectivity index (χ2v) is 4.82. The van der Waals surface area contributed by atoms with Gasteiger partial charge in [0.25, 0.3) is 5.91 Å². The van der Waals surface area contributed by atoms with E-state index in [1.807, 2.05) is 6.92 Å². The van der Waals surface area contributed by atoms with Crippen molar-refractivity contribution in [1.82, 2.24) is 0 Å². The molecule has 0 unspecified atom stereocenters. The van der Waals surface area contributed by atoms with Crippen LogP contribution >= 0.6 is 0 Å². The van der Waals surface area contributed by atoms with Gasteiger partial charge in [-0.2, -0.15) is 0 Å². The molecule has 0 saturated carbocycles. The Labute approximate surface area is 122 Å². The van der Waals surface area contributed by atoms with Crippen LogP contribution in [0.25, 0.3) is 0 Å². The van der Waals surface area contributed by atoms with E-state index in [2.05, 4.69) is 5.32 Å². The lowest BCUT2D eigenvalue weighted by Gasteiger charge is -2.10. The molecular formula is C16H17FN2O2. The molecule has 0 heterocycles. The van der Waals surface area contributed by atoms with Gasteiger partial charge in [-0.1, -0.05) is 0 Å². The molecule has 0 fully saturated rings. The van der Waals surface area contributed by atoms with Crippen LogP contribution in [0.4, 0.5) is 15.8 Å². The van der Waals surface area contributed by atoms with Gasteiger partial charge in [-0.15, -0.1) is 0 Å². The zero-order valence-electron chi connectivity index (χ0n) is 11.9. The van der Waals surface area contributed by atoms with Crippen molar-refractivity contribution in [3.05, 3.63) is 53.3 Å². The van der Waals surface area contributed by atoms with Gasteiger partial charge >= 0.3 is 0 Å². The van der Waals surface area contributed by atoms with Gasteiger partial charge in [0, 0.05) is 11.4 Å². The average Bonchev–Trinajstić information content (AvgIpc) is 2.43. The number of amides is 1. The Morgan fingerprint density at radius 1 is 1.19 bits per heavy atom. The maximum atomic E-state index is 13.1. The first-order valence-corrected chi connectivity index (χ1v) is 6.50. The number of ether oxygens (including phenoxy) is 1. The molecular weight excluding hydrogens is 271 g/mol. The fourth-order valence-electron chi connectivity index (χ4n) is 1.87. The molecule has 4 nitrogen and oxygen atoms in total. The molecule has 0 atom stereocenters. The lowest BCUT2D eigenvalue weighted by molar-refractivity contribution is -0.118. The number of halogens is 1. The predicted octanol–water partition coefficient (Wildman–Crippen LogP) is 3.04. The van der Waals surface area contributed by atoms with Crippen molar-refractivity contribution in [2.45, 2.75) is 13.8 Å². The first kappa shape index (κ1) is 14.8. The summed E-state index contributed by atoms with van der Waals surface area (Å²) in [5, 5.41) is 2.74. The van der Waals surface area contributed by atoms with Crippen LogP contribution in [0, 0.1) is 19.7 Å². The smallest absolute Gasteiger partial charge is 0.262 e. The Morgan fingerprint density at radius 3 is 2.62 bits per heavy atom. The number of aryl methyl sites for hydroxylation is 2. The van der Waals surface area contributed by atoms with Gasteiger partial charge in [0.15, 0.2) is 6.61 Å². The molecule has 0 bridgehead atoms. The summed E-state index contributed by atoms with van der Waals surface area (Å²) in [6, 6.07) is 9.59. The zero-order chi connectivity index (χ0) is 15.4. The van der Waals surface area contributed by atoms with Crippen LogP contribution in [0.3, 0.4) is 0 Å². The molecule has 0 spiro atoms. The van der Waals surface area contributed by atoms with E-state index in [0.29, 0.717) is 22.7 Å². The highest BCUT2D eigenvalue weighted by Gasteiger charge is 2.07. The minimum Gasteiger partial charge on any atom is -0.484 e. The third kappa shape index (κ3) is 3.95. The SMILES string of the molecule is Cc1cc(OCC(=O)Nc2ccc(N)cc2C)ccc1F. The van der Waals surface area contributed by atoms with Crippen molar-refractivity contribution >= 4 is 17.3 Å². The lowest BCUT2D eigenvalue weighted by Crippen LogP contribution is -2.20. The summed E-state index contributed by atoms with van der Waals surface area (Å²) >= 11 is 0. The summed E-state index contributed by atoms with van der Waals surface area (Å²) in [5.74, 6) is -0.132. The number of carbonyl (C=O) groups excluding carboxylic acids is 1. The number of nitrogens with one attached hydrogen (secondary N) is 1. The Bertz CT molecular complexity index is 671. The molecule has 0 aliphatic heterocycles. The van der Waals surface area contributed by atoms with Crippen molar-refractivity contribution in [2.75, 3.05) is 17.7 Å². The Balaban J connectivity index is 1.94. The van der Waals surface area contributed by atoms with Gasteiger partial charge in [-0.05, 0) is 61.4 Å². The van der Waals surface area contributed by atoms with E-state index in [1.165, 1.54) is 12.1 Å². The third-order valence-electron chi connectivity index (χ3n) is 3.02. The molecule has 0 aromatic heterocycles. The van der Waals surface area contributed by atoms with Gasteiger partial charge in [-0.3, -0.25) is 4.79 Å². The van der Waals surface area contributed by atoms with Gasteiger partial charge in [0.2, 0.25) is 0 Å².